The highest BCUT2D eigenvalue weighted by atomic mass is 16.5. The van der Waals surface area contributed by atoms with Crippen molar-refractivity contribution in [3.63, 3.8) is 0 Å². The van der Waals surface area contributed by atoms with E-state index in [1.54, 1.807) is 10.9 Å². The van der Waals surface area contributed by atoms with Crippen LogP contribution in [0.2, 0.25) is 0 Å². The summed E-state index contributed by atoms with van der Waals surface area (Å²) in [6.45, 7) is 14.6. The van der Waals surface area contributed by atoms with E-state index in [0.717, 1.165) is 11.5 Å². The highest BCUT2D eigenvalue weighted by Crippen LogP contribution is 2.58. The van der Waals surface area contributed by atoms with Crippen LogP contribution in [-0.2, 0) is 10.8 Å². The molecule has 0 radical (unpaired) electrons. The minimum Gasteiger partial charge on any atom is -0.463 e. The van der Waals surface area contributed by atoms with Gasteiger partial charge in [0, 0.05) is 22.8 Å². The van der Waals surface area contributed by atoms with Crippen LogP contribution in [0.3, 0.4) is 0 Å². The Hall–Kier alpha value is -2.59. The molecule has 0 atom stereocenters. The fourth-order valence-electron chi connectivity index (χ4n) is 10.2. The summed E-state index contributed by atoms with van der Waals surface area (Å²) in [7, 11) is 0. The van der Waals surface area contributed by atoms with Crippen LogP contribution in [0.15, 0.2) is 46.7 Å². The first-order valence-electron chi connectivity index (χ1n) is 16.9. The Labute approximate surface area is 251 Å². The van der Waals surface area contributed by atoms with E-state index in [0.29, 0.717) is 23.7 Å². The van der Waals surface area contributed by atoms with Crippen molar-refractivity contribution in [1.82, 2.24) is 4.83 Å². The molecule has 2 saturated carbocycles. The van der Waals surface area contributed by atoms with Gasteiger partial charge in [0.2, 0.25) is 0 Å². The molecule has 0 amide bonds. The van der Waals surface area contributed by atoms with Gasteiger partial charge in [0.05, 0.1) is 22.9 Å². The van der Waals surface area contributed by atoms with Crippen LogP contribution in [0.1, 0.15) is 104 Å². The topological polar surface area (TPSA) is 24.9 Å². The summed E-state index contributed by atoms with van der Waals surface area (Å²) < 4.78 is 14.2. The van der Waals surface area contributed by atoms with E-state index in [4.69, 9.17) is 9.47 Å². The first-order chi connectivity index (χ1) is 20.1. The van der Waals surface area contributed by atoms with Crippen molar-refractivity contribution in [3.05, 3.63) is 57.9 Å². The second-order valence-corrected chi connectivity index (χ2v) is 16.8. The zero-order valence-electron chi connectivity index (χ0n) is 26.1. The summed E-state index contributed by atoms with van der Waals surface area (Å²) in [6, 6.07) is 9.82. The van der Waals surface area contributed by atoms with Crippen LogP contribution in [0.25, 0.3) is 0 Å². The highest BCUT2D eigenvalue weighted by Gasteiger charge is 2.63. The first-order valence-corrected chi connectivity index (χ1v) is 16.9. The third-order valence-electron chi connectivity index (χ3n) is 12.4. The van der Waals surface area contributed by atoms with Gasteiger partial charge in [-0.25, -0.2) is 0 Å². The van der Waals surface area contributed by atoms with Gasteiger partial charge >= 0.3 is 13.7 Å². The Morgan fingerprint density at radius 2 is 0.952 bits per heavy atom. The zero-order chi connectivity index (χ0) is 28.4. The average molecular weight is 556 g/mol. The van der Waals surface area contributed by atoms with Crippen molar-refractivity contribution < 1.29 is 9.47 Å². The lowest BCUT2D eigenvalue weighted by atomic mass is 9.33. The van der Waals surface area contributed by atoms with E-state index >= 15 is 0 Å². The summed E-state index contributed by atoms with van der Waals surface area (Å²) in [4.78, 5) is 2.86. The van der Waals surface area contributed by atoms with Crippen LogP contribution < -0.4 is 25.4 Å². The van der Waals surface area contributed by atoms with Crippen molar-refractivity contribution in [1.29, 1.82) is 0 Å². The van der Waals surface area contributed by atoms with E-state index in [2.05, 4.69) is 75.6 Å². The molecule has 0 unspecified atom stereocenters. The molecule has 2 fully saturated rings. The Bertz CT molecular complexity index is 1540. The molecular weight excluding hydrogens is 514 g/mol. The Morgan fingerprint density at radius 1 is 0.571 bits per heavy atom. The molecule has 214 valence electrons. The number of fused-ring (bicyclic) bond motifs is 9. The standard InChI is InChI=1S/C36H42B2N2O2/c1-35(2,3)23-15-25-31-27(17-23)41-33-21-11-7-19(8-12-21)29(33)37(31)40-38-30-20-9-13-22(14-10-20)34(30)42-28-18-24(36(4,5)6)16-26(32(28)38)39(25)40/h15-22H,7-14H2,1-6H3. The van der Waals surface area contributed by atoms with E-state index in [-0.39, 0.29) is 24.5 Å². The van der Waals surface area contributed by atoms with Crippen molar-refractivity contribution in [2.75, 3.05) is 5.01 Å². The monoisotopic (exact) mass is 556 g/mol. The number of hydrogen-bond donors (Lipinski definition) is 0. The predicted octanol–water partition coefficient (Wildman–Crippen LogP) is 7.07. The summed E-state index contributed by atoms with van der Waals surface area (Å²) >= 11 is 0. The second kappa shape index (κ2) is 7.73. The number of anilines is 2. The van der Waals surface area contributed by atoms with Crippen LogP contribution in [0.5, 0.6) is 11.5 Å². The third kappa shape index (κ3) is 2.96. The zero-order valence-corrected chi connectivity index (χ0v) is 26.1. The van der Waals surface area contributed by atoms with Crippen LogP contribution in [-0.4, -0.2) is 18.5 Å². The second-order valence-electron chi connectivity index (χ2n) is 16.8. The third-order valence-corrected chi connectivity index (χ3v) is 12.4. The summed E-state index contributed by atoms with van der Waals surface area (Å²) in [5, 5.41) is 2.67. The molecule has 12 rings (SSSR count). The van der Waals surface area contributed by atoms with E-state index in [1.807, 2.05) is 0 Å². The molecule has 6 heteroatoms. The fourth-order valence-corrected chi connectivity index (χ4v) is 10.2. The molecule has 4 bridgehead atoms. The van der Waals surface area contributed by atoms with E-state index < -0.39 is 0 Å². The highest BCUT2D eigenvalue weighted by molar-refractivity contribution is 6.97. The number of hydrogen-bond acceptors (Lipinski definition) is 4. The molecule has 0 aromatic heterocycles. The van der Waals surface area contributed by atoms with Gasteiger partial charge in [-0.2, -0.15) is 0 Å². The lowest BCUT2D eigenvalue weighted by Crippen LogP contribution is -2.62. The van der Waals surface area contributed by atoms with Crippen LogP contribution in [0.4, 0.5) is 11.4 Å². The Morgan fingerprint density at radius 3 is 1.33 bits per heavy atom. The molecule has 6 aliphatic carbocycles. The molecule has 42 heavy (non-hydrogen) atoms. The first kappa shape index (κ1) is 24.8. The molecule has 2 aromatic rings. The summed E-state index contributed by atoms with van der Waals surface area (Å²) in [5.74, 6) is 7.38. The maximum atomic E-state index is 7.08. The number of rotatable bonds is 0. The molecule has 10 aliphatic rings. The largest absolute Gasteiger partial charge is 0.463 e. The Kier molecular flexibility index (Phi) is 4.56. The van der Waals surface area contributed by atoms with E-state index in [1.165, 1.54) is 96.3 Å². The minimum atomic E-state index is 0.0354. The molecule has 4 aliphatic heterocycles. The van der Waals surface area contributed by atoms with Gasteiger partial charge in [0.25, 0.3) is 0 Å². The van der Waals surface area contributed by atoms with Crippen molar-refractivity contribution in [3.8, 4) is 11.5 Å². The number of ether oxygens (including phenoxy) is 2. The maximum absolute atomic E-state index is 7.08. The molecule has 4 heterocycles. The van der Waals surface area contributed by atoms with Gasteiger partial charge in [0.1, 0.15) is 11.5 Å². The molecular formula is C36H42B2N2O2. The lowest BCUT2D eigenvalue weighted by molar-refractivity contribution is 0.217. The summed E-state index contributed by atoms with van der Waals surface area (Å²) in [6.07, 6.45) is 10.4. The molecule has 0 saturated heterocycles. The van der Waals surface area contributed by atoms with Crippen molar-refractivity contribution in [2.45, 2.75) is 104 Å². The van der Waals surface area contributed by atoms with Gasteiger partial charge < -0.3 is 9.47 Å². The normalized spacial score (nSPS) is 29.8. The lowest BCUT2D eigenvalue weighted by Gasteiger charge is -2.48. The molecule has 2 aromatic carbocycles. The summed E-state index contributed by atoms with van der Waals surface area (Å²) in [5.41, 5.74) is 11.6. The van der Waals surface area contributed by atoms with Gasteiger partial charge in [-0.1, -0.05) is 41.5 Å². The van der Waals surface area contributed by atoms with Crippen LogP contribution in [0, 0.1) is 23.7 Å². The van der Waals surface area contributed by atoms with Gasteiger partial charge in [-0.3, -0.25) is 9.84 Å². The van der Waals surface area contributed by atoms with Gasteiger partial charge in [0.15, 0.2) is 0 Å². The molecule has 0 spiro atoms. The van der Waals surface area contributed by atoms with Crippen molar-refractivity contribution >= 4 is 36.0 Å². The van der Waals surface area contributed by atoms with Gasteiger partial charge in [-0.15, -0.1) is 0 Å². The Balaban J connectivity index is 1.29. The quantitative estimate of drug-likeness (QED) is 0.324. The van der Waals surface area contributed by atoms with Gasteiger partial charge in [-0.05, 0) is 120 Å². The number of benzene rings is 2. The minimum absolute atomic E-state index is 0.0354. The predicted molar refractivity (Wildman–Crippen MR) is 171 cm³/mol. The average Bonchev–Trinajstić information content (AvgIpc) is 3.49. The SMILES string of the molecule is CC(C)(C)c1cc2c3c(c1)N1c4cc(C(C)(C)C)cc5c4B(C4=C(O5)C5CCC4CC5)N1B3C1=C(O2)C2CCC1CC2. The van der Waals surface area contributed by atoms with Crippen LogP contribution >= 0.6 is 0 Å². The van der Waals surface area contributed by atoms with Crippen molar-refractivity contribution in [2.24, 2.45) is 23.7 Å². The molecule has 0 N–H and O–H groups in total. The maximum Gasteiger partial charge on any atom is 0.306 e. The smallest absolute Gasteiger partial charge is 0.306 e. The number of allylic oxidation sites excluding steroid dienone is 4. The number of nitrogens with zero attached hydrogens (tertiary/aromatic N) is 2. The molecule has 4 nitrogen and oxygen atoms in total. The number of hydrazine groups is 1. The fraction of sp³-hybridized carbons (Fsp3) is 0.556. The van der Waals surface area contributed by atoms with E-state index in [9.17, 15) is 0 Å².